The van der Waals surface area contributed by atoms with E-state index >= 15 is 0 Å². The normalized spacial score (nSPS) is 12.3. The number of furan rings is 1. The van der Waals surface area contributed by atoms with Crippen LogP contribution in [0.4, 0.5) is 0 Å². The summed E-state index contributed by atoms with van der Waals surface area (Å²) >= 11 is 6.92. The van der Waals surface area contributed by atoms with Gasteiger partial charge in [0, 0.05) is 19.9 Å². The van der Waals surface area contributed by atoms with Gasteiger partial charge in [0.05, 0.1) is 24.2 Å². The number of carbonyl (C=O) groups is 1. The summed E-state index contributed by atoms with van der Waals surface area (Å²) < 4.78 is 19.5. The summed E-state index contributed by atoms with van der Waals surface area (Å²) in [5, 5.41) is 5.75. The Morgan fingerprint density at radius 2 is 1.84 bits per heavy atom. The zero-order valence-electron chi connectivity index (χ0n) is 19.6. The molecule has 0 radical (unpaired) electrons. The first-order valence-electron chi connectivity index (χ1n) is 11.1. The van der Waals surface area contributed by atoms with E-state index in [9.17, 15) is 9.59 Å². The lowest BCUT2D eigenvalue weighted by Crippen LogP contribution is -2.25. The van der Waals surface area contributed by atoms with Crippen molar-refractivity contribution in [3.8, 4) is 17.3 Å². The predicted octanol–water partition coefficient (Wildman–Crippen LogP) is 6.16. The average molecular weight is 625 g/mol. The number of carbonyl (C=O) groups excluding carboxylic acids is 1. The summed E-state index contributed by atoms with van der Waals surface area (Å²) in [7, 11) is 1.30. The molecular formula is C27H19Br2N3O5. The van der Waals surface area contributed by atoms with E-state index in [1.54, 1.807) is 43.3 Å². The molecule has 2 aromatic heterocycles. The van der Waals surface area contributed by atoms with Crippen LogP contribution < -0.4 is 10.3 Å². The number of rotatable bonds is 6. The molecule has 0 fully saturated rings. The monoisotopic (exact) mass is 623 g/mol. The minimum atomic E-state index is -0.839. The van der Waals surface area contributed by atoms with E-state index < -0.39 is 12.1 Å². The van der Waals surface area contributed by atoms with Gasteiger partial charge in [-0.25, -0.2) is 9.78 Å². The number of hydrogen-bond donors (Lipinski definition) is 0. The van der Waals surface area contributed by atoms with E-state index in [2.05, 4.69) is 37.0 Å². The first-order chi connectivity index (χ1) is 17.8. The van der Waals surface area contributed by atoms with Gasteiger partial charge in [-0.05, 0) is 61.5 Å². The molecule has 0 spiro atoms. The van der Waals surface area contributed by atoms with Crippen molar-refractivity contribution in [1.29, 1.82) is 0 Å². The second kappa shape index (κ2) is 10.3. The van der Waals surface area contributed by atoms with Crippen LogP contribution in [0.2, 0.25) is 0 Å². The highest BCUT2D eigenvalue weighted by molar-refractivity contribution is 9.10. The molecule has 186 valence electrons. The van der Waals surface area contributed by atoms with Crippen LogP contribution in [-0.4, -0.2) is 35.1 Å². The number of fused-ring (bicyclic) bond motifs is 2. The summed E-state index contributed by atoms with van der Waals surface area (Å²) in [5.74, 6) is 0.507. The van der Waals surface area contributed by atoms with Crippen LogP contribution >= 0.6 is 31.9 Å². The molecule has 0 saturated carbocycles. The van der Waals surface area contributed by atoms with Crippen molar-refractivity contribution < 1.29 is 18.7 Å². The largest absolute Gasteiger partial charge is 0.478 e. The van der Waals surface area contributed by atoms with Gasteiger partial charge in [-0.3, -0.25) is 4.79 Å². The predicted molar refractivity (Wildman–Crippen MR) is 148 cm³/mol. The van der Waals surface area contributed by atoms with Crippen molar-refractivity contribution in [3.63, 3.8) is 0 Å². The Kier molecular flexibility index (Phi) is 6.94. The average Bonchev–Trinajstić information content (AvgIpc) is 3.32. The lowest BCUT2D eigenvalue weighted by Gasteiger charge is -2.14. The van der Waals surface area contributed by atoms with Crippen molar-refractivity contribution in [2.24, 2.45) is 5.10 Å². The van der Waals surface area contributed by atoms with Gasteiger partial charge in [0.1, 0.15) is 11.3 Å². The fourth-order valence-corrected chi connectivity index (χ4v) is 4.52. The number of aromatic nitrogens is 2. The maximum absolute atomic E-state index is 13.5. The summed E-state index contributed by atoms with van der Waals surface area (Å²) in [6.07, 6.45) is 0.638. The smallest absolute Gasteiger partial charge is 0.346 e. The lowest BCUT2D eigenvalue weighted by atomic mass is 10.2. The highest BCUT2D eigenvalue weighted by Crippen LogP contribution is 2.29. The molecule has 3 aromatic carbocycles. The SMILES string of the molecule is COC(=O)[C@H](C)Oc1ccc(Br)cc1C=Nn1c(-c2cc3cc(Br)ccc3o2)nc2ccccc2c1=O. The van der Waals surface area contributed by atoms with Crippen LogP contribution in [0.25, 0.3) is 33.5 Å². The Hall–Kier alpha value is -3.76. The number of nitrogens with zero attached hydrogens (tertiary/aromatic N) is 3. The molecule has 1 atom stereocenters. The summed E-state index contributed by atoms with van der Waals surface area (Å²) in [5.41, 5.74) is 1.34. The highest BCUT2D eigenvalue weighted by Gasteiger charge is 2.18. The molecule has 0 amide bonds. The van der Waals surface area contributed by atoms with Gasteiger partial charge in [-0.15, -0.1) is 0 Å². The highest BCUT2D eigenvalue weighted by atomic mass is 79.9. The molecule has 8 nitrogen and oxygen atoms in total. The first kappa shape index (κ1) is 24.9. The molecule has 2 heterocycles. The van der Waals surface area contributed by atoms with Gasteiger partial charge in [-0.2, -0.15) is 9.78 Å². The van der Waals surface area contributed by atoms with Crippen LogP contribution in [-0.2, 0) is 9.53 Å². The van der Waals surface area contributed by atoms with Crippen molar-refractivity contribution in [2.75, 3.05) is 7.11 Å². The summed E-state index contributed by atoms with van der Waals surface area (Å²) in [6.45, 7) is 1.59. The number of methoxy groups -OCH3 is 1. The van der Waals surface area contributed by atoms with Gasteiger partial charge < -0.3 is 13.9 Å². The zero-order valence-corrected chi connectivity index (χ0v) is 22.8. The van der Waals surface area contributed by atoms with Crippen LogP contribution in [0.15, 0.2) is 90.0 Å². The van der Waals surface area contributed by atoms with E-state index in [4.69, 9.17) is 18.9 Å². The summed E-state index contributed by atoms with van der Waals surface area (Å²) in [6, 6.07) is 19.7. The Balaban J connectivity index is 1.66. The van der Waals surface area contributed by atoms with Gasteiger partial charge in [0.15, 0.2) is 11.9 Å². The topological polar surface area (TPSA) is 95.9 Å². The molecule has 37 heavy (non-hydrogen) atoms. The first-order valence-corrected chi connectivity index (χ1v) is 12.7. The molecule has 10 heteroatoms. The summed E-state index contributed by atoms with van der Waals surface area (Å²) in [4.78, 5) is 30.1. The Morgan fingerprint density at radius 1 is 1.08 bits per heavy atom. The standard InChI is InChI=1S/C27H19Br2N3O5/c1-15(27(34)35-2)36-23-10-8-19(29)12-17(23)14-30-32-25(31-21-6-4-3-5-20(21)26(32)33)24-13-16-11-18(28)7-9-22(16)37-24/h3-15H,1-2H3/t15-/m0/s1. The third-order valence-electron chi connectivity index (χ3n) is 5.57. The molecule has 0 N–H and O–H groups in total. The molecule has 5 rings (SSSR count). The van der Waals surface area contributed by atoms with Crippen molar-refractivity contribution in [3.05, 3.63) is 91.6 Å². The van der Waals surface area contributed by atoms with Crippen molar-refractivity contribution in [1.82, 2.24) is 9.66 Å². The lowest BCUT2D eigenvalue weighted by molar-refractivity contribution is -0.147. The minimum Gasteiger partial charge on any atom is -0.478 e. The fraction of sp³-hybridized carbons (Fsp3) is 0.111. The maximum Gasteiger partial charge on any atom is 0.346 e. The molecule has 0 aliphatic rings. The minimum absolute atomic E-state index is 0.243. The Bertz CT molecular complexity index is 1740. The second-order valence-electron chi connectivity index (χ2n) is 8.07. The molecule has 0 aliphatic heterocycles. The van der Waals surface area contributed by atoms with Crippen LogP contribution in [0, 0.1) is 0 Å². The van der Waals surface area contributed by atoms with E-state index in [0.717, 1.165) is 14.3 Å². The molecule has 0 unspecified atom stereocenters. The van der Waals surface area contributed by atoms with E-state index in [1.165, 1.54) is 18.0 Å². The number of para-hydroxylation sites is 1. The molecule has 5 aromatic rings. The van der Waals surface area contributed by atoms with Crippen LogP contribution in [0.5, 0.6) is 5.75 Å². The van der Waals surface area contributed by atoms with Gasteiger partial charge >= 0.3 is 5.97 Å². The number of halogens is 2. The molecular weight excluding hydrogens is 606 g/mol. The number of ether oxygens (including phenoxy) is 2. The Labute approximate surface area is 227 Å². The van der Waals surface area contributed by atoms with E-state index in [-0.39, 0.29) is 11.4 Å². The van der Waals surface area contributed by atoms with Gasteiger partial charge in [-0.1, -0.05) is 44.0 Å². The van der Waals surface area contributed by atoms with Crippen LogP contribution in [0.3, 0.4) is 0 Å². The second-order valence-corrected chi connectivity index (χ2v) is 9.90. The molecule has 0 saturated heterocycles. The van der Waals surface area contributed by atoms with Gasteiger partial charge in [0.2, 0.25) is 5.82 Å². The maximum atomic E-state index is 13.5. The quantitative estimate of drug-likeness (QED) is 0.166. The number of esters is 1. The zero-order chi connectivity index (χ0) is 26.1. The van der Waals surface area contributed by atoms with E-state index in [0.29, 0.717) is 33.6 Å². The van der Waals surface area contributed by atoms with Crippen molar-refractivity contribution in [2.45, 2.75) is 13.0 Å². The third kappa shape index (κ3) is 5.07. The number of hydrogen-bond acceptors (Lipinski definition) is 7. The van der Waals surface area contributed by atoms with Crippen molar-refractivity contribution >= 4 is 65.9 Å². The van der Waals surface area contributed by atoms with Crippen LogP contribution in [0.1, 0.15) is 12.5 Å². The third-order valence-corrected chi connectivity index (χ3v) is 6.56. The van der Waals surface area contributed by atoms with Gasteiger partial charge in [0.25, 0.3) is 5.56 Å². The number of benzene rings is 3. The molecule has 0 aliphatic carbocycles. The van der Waals surface area contributed by atoms with E-state index in [1.807, 2.05) is 30.3 Å². The fourth-order valence-electron chi connectivity index (χ4n) is 3.77. The molecule has 0 bridgehead atoms. The Morgan fingerprint density at radius 3 is 2.65 bits per heavy atom.